The molecule has 0 aliphatic heterocycles. The molecule has 1 saturated carbocycles. The number of halogens is 1. The van der Waals surface area contributed by atoms with Crippen molar-refractivity contribution in [2.45, 2.75) is 30.7 Å². The Morgan fingerprint density at radius 1 is 1.37 bits per heavy atom. The number of hydrogen-bond donors (Lipinski definition) is 1. The monoisotopic (exact) mass is 282 g/mol. The zero-order valence-electron chi connectivity index (χ0n) is 10.3. The maximum absolute atomic E-state index is 13.3. The molecule has 0 bridgehead atoms. The van der Waals surface area contributed by atoms with E-state index in [4.69, 9.17) is 5.14 Å². The molecule has 6 heteroatoms. The molecule has 1 aliphatic rings. The second kappa shape index (κ2) is 4.31. The predicted octanol–water partition coefficient (Wildman–Crippen LogP) is 2.23. The Morgan fingerprint density at radius 3 is 2.68 bits per heavy atom. The largest absolute Gasteiger partial charge is 0.346 e. The highest BCUT2D eigenvalue weighted by Crippen LogP contribution is 2.31. The Labute approximate surface area is 111 Å². The summed E-state index contributed by atoms with van der Waals surface area (Å²) < 4.78 is 38.3. The van der Waals surface area contributed by atoms with Crippen LogP contribution in [0.2, 0.25) is 0 Å². The van der Waals surface area contributed by atoms with E-state index in [9.17, 15) is 12.8 Å². The molecule has 3 rings (SSSR count). The van der Waals surface area contributed by atoms with Crippen LogP contribution < -0.4 is 5.14 Å². The fourth-order valence-corrected chi connectivity index (χ4v) is 3.31. The number of hydrogen-bond acceptors (Lipinski definition) is 2. The highest BCUT2D eigenvalue weighted by Gasteiger charge is 2.22. The van der Waals surface area contributed by atoms with E-state index in [0.29, 0.717) is 11.3 Å². The normalized spacial score (nSPS) is 16.7. The minimum absolute atomic E-state index is 0.00123. The molecule has 0 saturated heterocycles. The van der Waals surface area contributed by atoms with Crippen LogP contribution in [0.1, 0.15) is 19.3 Å². The zero-order chi connectivity index (χ0) is 13.6. The molecule has 0 amide bonds. The maximum Gasteiger partial charge on any atom is 0.240 e. The van der Waals surface area contributed by atoms with Crippen molar-refractivity contribution in [1.29, 1.82) is 0 Å². The van der Waals surface area contributed by atoms with E-state index in [2.05, 4.69) is 0 Å². The summed E-state index contributed by atoms with van der Waals surface area (Å²) in [6.07, 6.45) is 5.06. The zero-order valence-corrected chi connectivity index (χ0v) is 11.2. The van der Waals surface area contributed by atoms with Gasteiger partial charge in [0.1, 0.15) is 10.7 Å². The first-order valence-electron chi connectivity index (χ1n) is 6.26. The predicted molar refractivity (Wildman–Crippen MR) is 70.6 cm³/mol. The lowest BCUT2D eigenvalue weighted by Gasteiger charge is -2.26. The van der Waals surface area contributed by atoms with Crippen LogP contribution >= 0.6 is 0 Å². The minimum atomic E-state index is -3.84. The smallest absolute Gasteiger partial charge is 0.240 e. The Kier molecular flexibility index (Phi) is 2.87. The van der Waals surface area contributed by atoms with Crippen molar-refractivity contribution in [3.8, 4) is 0 Å². The van der Waals surface area contributed by atoms with Crippen molar-refractivity contribution >= 4 is 20.9 Å². The third-order valence-electron chi connectivity index (χ3n) is 3.79. The van der Waals surface area contributed by atoms with Gasteiger partial charge in [-0.05, 0) is 37.0 Å². The summed E-state index contributed by atoms with van der Waals surface area (Å²) in [5.41, 5.74) is 0.720. The Hall–Kier alpha value is -1.40. The number of primary sulfonamides is 1. The number of sulfonamides is 1. The van der Waals surface area contributed by atoms with E-state index in [1.54, 1.807) is 6.07 Å². The average Bonchev–Trinajstić information content (AvgIpc) is 2.61. The van der Waals surface area contributed by atoms with Gasteiger partial charge in [0.25, 0.3) is 0 Å². The summed E-state index contributed by atoms with van der Waals surface area (Å²) in [4.78, 5) is 0.00123. The van der Waals surface area contributed by atoms with Crippen molar-refractivity contribution in [3.05, 3.63) is 30.2 Å². The van der Waals surface area contributed by atoms with Crippen LogP contribution in [0.5, 0.6) is 0 Å². The van der Waals surface area contributed by atoms with Gasteiger partial charge >= 0.3 is 0 Å². The number of nitrogens with zero attached hydrogens (tertiary/aromatic N) is 1. The van der Waals surface area contributed by atoms with Crippen molar-refractivity contribution in [3.63, 3.8) is 0 Å². The fraction of sp³-hybridized carbons (Fsp3) is 0.385. The summed E-state index contributed by atoms with van der Waals surface area (Å²) >= 11 is 0. The molecule has 1 heterocycles. The number of benzene rings is 1. The number of aromatic nitrogens is 1. The molecule has 4 nitrogen and oxygen atoms in total. The summed E-state index contributed by atoms with van der Waals surface area (Å²) in [6.45, 7) is 0.762. The molecule has 19 heavy (non-hydrogen) atoms. The first-order valence-corrected chi connectivity index (χ1v) is 7.81. The summed E-state index contributed by atoms with van der Waals surface area (Å²) in [5.74, 6) is 0.118. The van der Waals surface area contributed by atoms with Gasteiger partial charge in [0.2, 0.25) is 10.0 Å². The van der Waals surface area contributed by atoms with Gasteiger partial charge in [-0.2, -0.15) is 0 Å². The standard InChI is InChI=1S/C13H15FN2O2S/c14-10-4-5-12-11(6-10)13(19(15,17)18)8-16(12)7-9-2-1-3-9/h4-6,8-9H,1-3,7H2,(H2,15,17,18). The lowest BCUT2D eigenvalue weighted by Crippen LogP contribution is -2.17. The molecule has 0 radical (unpaired) electrons. The van der Waals surface area contributed by atoms with E-state index in [1.165, 1.54) is 24.8 Å². The highest BCUT2D eigenvalue weighted by molar-refractivity contribution is 7.89. The Bertz CT molecular complexity index is 732. The lowest BCUT2D eigenvalue weighted by molar-refractivity contribution is 0.279. The van der Waals surface area contributed by atoms with Crippen molar-refractivity contribution in [2.75, 3.05) is 0 Å². The van der Waals surface area contributed by atoms with E-state index in [1.807, 2.05) is 4.57 Å². The fourth-order valence-electron chi connectivity index (χ4n) is 2.57. The van der Waals surface area contributed by atoms with Gasteiger partial charge < -0.3 is 4.57 Å². The van der Waals surface area contributed by atoms with E-state index < -0.39 is 15.8 Å². The van der Waals surface area contributed by atoms with Gasteiger partial charge in [-0.1, -0.05) is 6.42 Å². The van der Waals surface area contributed by atoms with E-state index in [0.717, 1.165) is 24.9 Å². The molecule has 0 atom stereocenters. The molecule has 1 aliphatic carbocycles. The first-order chi connectivity index (χ1) is 8.95. The molecule has 0 spiro atoms. The van der Waals surface area contributed by atoms with Gasteiger partial charge in [0, 0.05) is 23.6 Å². The van der Waals surface area contributed by atoms with Gasteiger partial charge in [0.05, 0.1) is 0 Å². The Balaban J connectivity index is 2.17. The van der Waals surface area contributed by atoms with E-state index >= 15 is 0 Å². The van der Waals surface area contributed by atoms with Gasteiger partial charge in [-0.3, -0.25) is 0 Å². The lowest BCUT2D eigenvalue weighted by atomic mass is 9.85. The van der Waals surface area contributed by atoms with Gasteiger partial charge in [0.15, 0.2) is 0 Å². The second-order valence-electron chi connectivity index (χ2n) is 5.15. The number of nitrogens with two attached hydrogens (primary N) is 1. The van der Waals surface area contributed by atoms with E-state index in [-0.39, 0.29) is 4.90 Å². The molecule has 2 aromatic rings. The second-order valence-corrected chi connectivity index (χ2v) is 6.68. The van der Waals surface area contributed by atoms with Crippen LogP contribution in [-0.4, -0.2) is 13.0 Å². The van der Waals surface area contributed by atoms with Crippen molar-refractivity contribution < 1.29 is 12.8 Å². The first kappa shape index (κ1) is 12.6. The van der Waals surface area contributed by atoms with Crippen LogP contribution in [0.4, 0.5) is 4.39 Å². The summed E-state index contributed by atoms with van der Waals surface area (Å²) in [7, 11) is -3.84. The van der Waals surface area contributed by atoms with Gasteiger partial charge in [-0.25, -0.2) is 17.9 Å². The van der Waals surface area contributed by atoms with Crippen LogP contribution in [0.3, 0.4) is 0 Å². The van der Waals surface area contributed by atoms with Crippen LogP contribution in [0, 0.1) is 11.7 Å². The minimum Gasteiger partial charge on any atom is -0.346 e. The quantitative estimate of drug-likeness (QED) is 0.938. The number of fused-ring (bicyclic) bond motifs is 1. The molecule has 2 N–H and O–H groups in total. The summed E-state index contributed by atoms with van der Waals surface area (Å²) in [5, 5.41) is 5.56. The molecule has 1 aromatic carbocycles. The maximum atomic E-state index is 13.3. The number of rotatable bonds is 3. The molecular weight excluding hydrogens is 267 g/mol. The molecule has 1 aromatic heterocycles. The van der Waals surface area contributed by atoms with Crippen molar-refractivity contribution in [2.24, 2.45) is 11.1 Å². The SMILES string of the molecule is NS(=O)(=O)c1cn(CC2CCC2)c2ccc(F)cc12. The molecule has 0 unspecified atom stereocenters. The topological polar surface area (TPSA) is 65.1 Å². The molecule has 1 fully saturated rings. The third kappa shape index (κ3) is 2.26. The van der Waals surface area contributed by atoms with Crippen LogP contribution in [-0.2, 0) is 16.6 Å². The average molecular weight is 282 g/mol. The third-order valence-corrected chi connectivity index (χ3v) is 4.73. The van der Waals surface area contributed by atoms with Gasteiger partial charge in [-0.15, -0.1) is 0 Å². The van der Waals surface area contributed by atoms with Crippen LogP contribution in [0.15, 0.2) is 29.3 Å². The van der Waals surface area contributed by atoms with Crippen LogP contribution in [0.25, 0.3) is 10.9 Å². The molecule has 102 valence electrons. The summed E-state index contributed by atoms with van der Waals surface area (Å²) in [6, 6.07) is 4.18. The van der Waals surface area contributed by atoms with Crippen molar-refractivity contribution in [1.82, 2.24) is 4.57 Å². The highest BCUT2D eigenvalue weighted by atomic mass is 32.2. The molecular formula is C13H15FN2O2S. The Morgan fingerprint density at radius 2 is 2.11 bits per heavy atom.